The fourth-order valence-electron chi connectivity index (χ4n) is 18.7. The molecule has 0 bridgehead atoms. The van der Waals surface area contributed by atoms with Crippen molar-refractivity contribution in [1.29, 1.82) is 0 Å². The van der Waals surface area contributed by atoms with Crippen molar-refractivity contribution < 1.29 is 8.83 Å². The standard InChI is InChI=1S/C108H64O2/c1-2-24-65(25-3-1)66-50-52-67(53-51-66)100-86-39-10-12-41-88(86)102(89-42-13-11-40-87(89)100)75-31-21-27-69(59-75)77-63-96(106-98(64-77)105-85-38-9-5-34-81(85)83-36-7-19-48-95(83)108(105)110-106)73-54-56-79-71(60-73)29-23-49-78(79)72-28-22-32-76(61-72)103-92-45-16-14-43-90(92)101(91-44-15-17-46-93(91)103)74-30-20-26-68(58-74)70-55-57-99-97(62-70)104-84-37-8-4-33-80(84)82-35-6-18-47-94(82)107(104)109-99/h1-64H. The van der Waals surface area contributed by atoms with E-state index in [4.69, 9.17) is 8.83 Å². The first-order chi connectivity index (χ1) is 54.6. The van der Waals surface area contributed by atoms with Gasteiger partial charge in [-0.2, -0.15) is 0 Å². The smallest absolute Gasteiger partial charge is 0.143 e. The minimum absolute atomic E-state index is 0.871. The lowest BCUT2D eigenvalue weighted by Crippen LogP contribution is -1.92. The van der Waals surface area contributed by atoms with Crippen molar-refractivity contribution in [3.05, 3.63) is 388 Å². The molecular formula is C108H64O2. The van der Waals surface area contributed by atoms with Crippen molar-refractivity contribution in [1.82, 2.24) is 0 Å². The van der Waals surface area contributed by atoms with Crippen LogP contribution in [0.2, 0.25) is 0 Å². The molecule has 0 saturated heterocycles. The van der Waals surface area contributed by atoms with Crippen LogP contribution in [0.1, 0.15) is 0 Å². The predicted molar refractivity (Wildman–Crippen MR) is 467 cm³/mol. The van der Waals surface area contributed by atoms with E-state index in [0.717, 1.165) is 105 Å². The molecule has 508 valence electrons. The first-order valence-electron chi connectivity index (χ1n) is 38.0. The topological polar surface area (TPSA) is 26.3 Å². The predicted octanol–water partition coefficient (Wildman–Crippen LogP) is 30.9. The molecule has 0 N–H and O–H groups in total. The summed E-state index contributed by atoms with van der Waals surface area (Å²) in [6.45, 7) is 0. The molecule has 0 unspecified atom stereocenters. The van der Waals surface area contributed by atoms with Gasteiger partial charge < -0.3 is 8.83 Å². The average Bonchev–Trinajstić information content (AvgIpc) is 1.39. The normalized spacial score (nSPS) is 12.0. The molecule has 0 spiro atoms. The average molecular weight is 1390 g/mol. The lowest BCUT2D eigenvalue weighted by atomic mass is 9.84. The highest BCUT2D eigenvalue weighted by Crippen LogP contribution is 2.51. The SMILES string of the molecule is c1ccc(-c2ccc(-c3c4ccccc4c(-c4cccc(-c5cc(-c6ccc7c(-c8cccc(-c9c%10ccccc%10c(-c%10cccc(-c%11ccc%12oc%13c%14ccccc%14c%14ccccc%14c%13c%12c%11)c%10)c%10ccccc9%10)c8)cccc7c6)c6oc7c8ccccc8c8ccccc8c7c6c5)c4)c4ccccc34)cc2)cc1. The Bertz CT molecular complexity index is 7710. The Morgan fingerprint density at radius 3 is 1.00 bits per heavy atom. The van der Waals surface area contributed by atoms with Gasteiger partial charge in [0, 0.05) is 37.9 Å². The Morgan fingerprint density at radius 1 is 0.136 bits per heavy atom. The zero-order chi connectivity index (χ0) is 72.1. The first-order valence-corrected chi connectivity index (χ1v) is 38.0. The van der Waals surface area contributed by atoms with Gasteiger partial charge in [-0.3, -0.25) is 0 Å². The van der Waals surface area contributed by atoms with Crippen LogP contribution in [0.15, 0.2) is 397 Å². The van der Waals surface area contributed by atoms with Crippen molar-refractivity contribution >= 4 is 141 Å². The third-order valence-electron chi connectivity index (χ3n) is 23.6. The molecule has 0 fully saturated rings. The fraction of sp³-hybridized carbons (Fsp3) is 0. The third kappa shape index (κ3) is 9.56. The minimum atomic E-state index is 0.871. The van der Waals surface area contributed by atoms with Gasteiger partial charge in [0.1, 0.15) is 22.3 Å². The van der Waals surface area contributed by atoms with E-state index in [1.54, 1.807) is 0 Å². The molecule has 0 aliphatic rings. The van der Waals surface area contributed by atoms with Crippen LogP contribution < -0.4 is 0 Å². The second kappa shape index (κ2) is 24.6. The molecule has 2 aromatic heterocycles. The van der Waals surface area contributed by atoms with Gasteiger partial charge >= 0.3 is 0 Å². The summed E-state index contributed by atoms with van der Waals surface area (Å²) in [4.78, 5) is 0. The van der Waals surface area contributed by atoms with E-state index in [0.29, 0.717) is 0 Å². The summed E-state index contributed by atoms with van der Waals surface area (Å²) in [5.74, 6) is 0. The summed E-state index contributed by atoms with van der Waals surface area (Å²) in [6, 6.07) is 144. The molecular weight excluding hydrogens is 1330 g/mol. The highest BCUT2D eigenvalue weighted by Gasteiger charge is 2.25. The maximum Gasteiger partial charge on any atom is 0.143 e. The zero-order valence-electron chi connectivity index (χ0n) is 59.8. The Kier molecular flexibility index (Phi) is 13.8. The summed E-state index contributed by atoms with van der Waals surface area (Å²) in [5, 5.41) is 26.0. The molecule has 2 nitrogen and oxygen atoms in total. The van der Waals surface area contributed by atoms with E-state index in [1.165, 1.54) is 136 Å². The Balaban J connectivity index is 0.646. The van der Waals surface area contributed by atoms with Crippen LogP contribution in [-0.4, -0.2) is 0 Å². The van der Waals surface area contributed by atoms with Gasteiger partial charge in [-0.1, -0.05) is 340 Å². The highest BCUT2D eigenvalue weighted by atomic mass is 16.3. The van der Waals surface area contributed by atoms with Crippen molar-refractivity contribution in [2.45, 2.75) is 0 Å². The monoisotopic (exact) mass is 1390 g/mol. The molecule has 0 amide bonds. The Hall–Kier alpha value is -14.4. The van der Waals surface area contributed by atoms with Crippen LogP contribution in [0.4, 0.5) is 0 Å². The maximum atomic E-state index is 7.43. The summed E-state index contributed by atoms with van der Waals surface area (Å²) in [7, 11) is 0. The van der Waals surface area contributed by atoms with Gasteiger partial charge in [0.25, 0.3) is 0 Å². The van der Waals surface area contributed by atoms with E-state index >= 15 is 0 Å². The van der Waals surface area contributed by atoms with Crippen LogP contribution in [-0.2, 0) is 0 Å². The van der Waals surface area contributed by atoms with Crippen LogP contribution in [0, 0.1) is 0 Å². The van der Waals surface area contributed by atoms with Gasteiger partial charge in [-0.15, -0.1) is 0 Å². The molecule has 0 aliphatic heterocycles. The second-order valence-corrected chi connectivity index (χ2v) is 29.5. The largest absolute Gasteiger partial charge is 0.455 e. The van der Waals surface area contributed by atoms with Crippen molar-refractivity contribution in [3.63, 3.8) is 0 Å². The van der Waals surface area contributed by atoms with Gasteiger partial charge in [-0.05, 0) is 229 Å². The van der Waals surface area contributed by atoms with Gasteiger partial charge in [0.15, 0.2) is 0 Å². The Morgan fingerprint density at radius 2 is 0.473 bits per heavy atom. The van der Waals surface area contributed by atoms with Crippen LogP contribution in [0.25, 0.3) is 241 Å². The highest BCUT2D eigenvalue weighted by molar-refractivity contribution is 6.33. The number of furan rings is 2. The lowest BCUT2D eigenvalue weighted by Gasteiger charge is -2.19. The van der Waals surface area contributed by atoms with Crippen molar-refractivity contribution in [3.8, 4) is 100 Å². The molecule has 21 aromatic carbocycles. The van der Waals surface area contributed by atoms with Gasteiger partial charge in [-0.25, -0.2) is 0 Å². The van der Waals surface area contributed by atoms with E-state index in [9.17, 15) is 0 Å². The first kappa shape index (κ1) is 61.8. The molecule has 110 heavy (non-hydrogen) atoms. The molecule has 2 heterocycles. The molecule has 0 saturated carbocycles. The summed E-state index contributed by atoms with van der Waals surface area (Å²) < 4.78 is 14.2. The number of fused-ring (bicyclic) bond motifs is 21. The summed E-state index contributed by atoms with van der Waals surface area (Å²) >= 11 is 0. The Labute approximate surface area is 633 Å². The zero-order valence-corrected chi connectivity index (χ0v) is 59.8. The second-order valence-electron chi connectivity index (χ2n) is 29.5. The third-order valence-corrected chi connectivity index (χ3v) is 23.6. The molecule has 0 aliphatic carbocycles. The van der Waals surface area contributed by atoms with Gasteiger partial charge in [0.2, 0.25) is 0 Å². The van der Waals surface area contributed by atoms with E-state index < -0.39 is 0 Å². The number of benzene rings is 21. The number of rotatable bonds is 9. The number of hydrogen-bond acceptors (Lipinski definition) is 2. The molecule has 23 rings (SSSR count). The number of hydrogen-bond donors (Lipinski definition) is 0. The maximum absolute atomic E-state index is 7.43. The molecule has 0 radical (unpaired) electrons. The van der Waals surface area contributed by atoms with Crippen molar-refractivity contribution in [2.24, 2.45) is 0 Å². The van der Waals surface area contributed by atoms with E-state index in [-0.39, 0.29) is 0 Å². The summed E-state index contributed by atoms with van der Waals surface area (Å²) in [6.07, 6.45) is 0. The van der Waals surface area contributed by atoms with Crippen LogP contribution >= 0.6 is 0 Å². The quantitative estimate of drug-likeness (QED) is 0.106. The van der Waals surface area contributed by atoms with E-state index in [2.05, 4.69) is 388 Å². The fourth-order valence-corrected chi connectivity index (χ4v) is 18.7. The molecule has 23 aromatic rings. The molecule has 0 atom stereocenters. The lowest BCUT2D eigenvalue weighted by molar-refractivity contribution is 0.673. The van der Waals surface area contributed by atoms with Crippen molar-refractivity contribution in [2.75, 3.05) is 0 Å². The van der Waals surface area contributed by atoms with Gasteiger partial charge in [0.05, 0.1) is 0 Å². The van der Waals surface area contributed by atoms with Crippen LogP contribution in [0.5, 0.6) is 0 Å². The van der Waals surface area contributed by atoms with Crippen LogP contribution in [0.3, 0.4) is 0 Å². The summed E-state index contributed by atoms with van der Waals surface area (Å²) in [5.41, 5.74) is 24.6. The minimum Gasteiger partial charge on any atom is -0.455 e. The molecule has 2 heteroatoms. The van der Waals surface area contributed by atoms with E-state index in [1.807, 2.05) is 0 Å².